The average molecular weight is 237 g/mol. The van der Waals surface area contributed by atoms with E-state index in [1.807, 2.05) is 0 Å². The molecule has 1 aliphatic heterocycles. The summed E-state index contributed by atoms with van der Waals surface area (Å²) in [6.45, 7) is 8.64. The molecule has 0 unspecified atom stereocenters. The summed E-state index contributed by atoms with van der Waals surface area (Å²) in [6, 6.07) is 13.5. The molecule has 0 N–H and O–H groups in total. The highest BCUT2D eigenvalue weighted by Gasteiger charge is 2.19. The molecule has 0 atom stereocenters. The van der Waals surface area contributed by atoms with Gasteiger partial charge in [-0.3, -0.25) is 0 Å². The zero-order chi connectivity index (χ0) is 12.7. The second kappa shape index (κ2) is 4.16. The molecule has 0 aromatic heterocycles. The van der Waals surface area contributed by atoms with Crippen LogP contribution in [0.4, 0.5) is 5.69 Å². The molecule has 1 aliphatic rings. The van der Waals surface area contributed by atoms with E-state index in [2.05, 4.69) is 62.1 Å². The zero-order valence-electron chi connectivity index (χ0n) is 11.3. The van der Waals surface area contributed by atoms with Crippen LogP contribution in [0.2, 0.25) is 0 Å². The SMILES string of the molecule is Cc1cccc(N2Cc3cc(C)c(C)cc3C2)c1. The number of hydrogen-bond acceptors (Lipinski definition) is 1. The number of nitrogens with zero attached hydrogens (tertiary/aromatic N) is 1. The summed E-state index contributed by atoms with van der Waals surface area (Å²) in [5, 5.41) is 0. The minimum atomic E-state index is 1.04. The Morgan fingerprint density at radius 1 is 0.833 bits per heavy atom. The largest absolute Gasteiger partial charge is 0.363 e. The van der Waals surface area contributed by atoms with Crippen LogP contribution in [0.15, 0.2) is 36.4 Å². The molecular formula is C17H19N. The fourth-order valence-corrected chi connectivity index (χ4v) is 2.70. The Morgan fingerprint density at radius 2 is 1.44 bits per heavy atom. The van der Waals surface area contributed by atoms with Crippen LogP contribution in [0.1, 0.15) is 27.8 Å². The number of rotatable bonds is 1. The van der Waals surface area contributed by atoms with E-state index < -0.39 is 0 Å². The fourth-order valence-electron chi connectivity index (χ4n) is 2.70. The van der Waals surface area contributed by atoms with Crippen LogP contribution in [-0.2, 0) is 13.1 Å². The third kappa shape index (κ3) is 1.90. The summed E-state index contributed by atoms with van der Waals surface area (Å²) < 4.78 is 0. The van der Waals surface area contributed by atoms with Crippen molar-refractivity contribution in [2.24, 2.45) is 0 Å². The van der Waals surface area contributed by atoms with Gasteiger partial charge in [0.15, 0.2) is 0 Å². The summed E-state index contributed by atoms with van der Waals surface area (Å²) in [6.07, 6.45) is 0. The maximum absolute atomic E-state index is 2.45. The van der Waals surface area contributed by atoms with E-state index >= 15 is 0 Å². The highest BCUT2D eigenvalue weighted by atomic mass is 15.1. The zero-order valence-corrected chi connectivity index (χ0v) is 11.3. The third-order valence-electron chi connectivity index (χ3n) is 3.91. The van der Waals surface area contributed by atoms with Gasteiger partial charge in [-0.1, -0.05) is 24.3 Å². The molecule has 1 heterocycles. The van der Waals surface area contributed by atoms with Crippen LogP contribution in [0.5, 0.6) is 0 Å². The van der Waals surface area contributed by atoms with Crippen molar-refractivity contribution >= 4 is 5.69 Å². The van der Waals surface area contributed by atoms with E-state index in [9.17, 15) is 0 Å². The van der Waals surface area contributed by atoms with E-state index in [-0.39, 0.29) is 0 Å². The van der Waals surface area contributed by atoms with Gasteiger partial charge in [0.1, 0.15) is 0 Å². The number of hydrogen-bond donors (Lipinski definition) is 0. The quantitative estimate of drug-likeness (QED) is 0.720. The summed E-state index contributed by atoms with van der Waals surface area (Å²) in [5.41, 5.74) is 8.44. The molecule has 18 heavy (non-hydrogen) atoms. The number of anilines is 1. The predicted octanol–water partition coefficient (Wildman–Crippen LogP) is 4.13. The van der Waals surface area contributed by atoms with Gasteiger partial charge in [0.2, 0.25) is 0 Å². The first-order valence-corrected chi connectivity index (χ1v) is 6.54. The van der Waals surface area contributed by atoms with Crippen LogP contribution in [0.25, 0.3) is 0 Å². The number of fused-ring (bicyclic) bond motifs is 1. The lowest BCUT2D eigenvalue weighted by atomic mass is 10.0. The van der Waals surface area contributed by atoms with Crippen molar-refractivity contribution in [1.82, 2.24) is 0 Å². The normalized spacial score (nSPS) is 13.8. The summed E-state index contributed by atoms with van der Waals surface area (Å²) in [5.74, 6) is 0. The first-order chi connectivity index (χ1) is 8.63. The predicted molar refractivity (Wildman–Crippen MR) is 77.0 cm³/mol. The van der Waals surface area contributed by atoms with Crippen molar-refractivity contribution in [2.45, 2.75) is 33.9 Å². The molecule has 0 saturated carbocycles. The van der Waals surface area contributed by atoms with Crippen molar-refractivity contribution in [3.05, 3.63) is 64.2 Å². The molecule has 0 spiro atoms. The lowest BCUT2D eigenvalue weighted by molar-refractivity contribution is 0.879. The molecule has 0 saturated heterocycles. The van der Waals surface area contributed by atoms with Gasteiger partial charge < -0.3 is 4.90 Å². The lowest BCUT2D eigenvalue weighted by Gasteiger charge is -2.18. The molecular weight excluding hydrogens is 218 g/mol. The van der Waals surface area contributed by atoms with Crippen molar-refractivity contribution < 1.29 is 0 Å². The number of aryl methyl sites for hydroxylation is 3. The fraction of sp³-hybridized carbons (Fsp3) is 0.294. The monoisotopic (exact) mass is 237 g/mol. The molecule has 3 rings (SSSR count). The smallest absolute Gasteiger partial charge is 0.0436 e. The van der Waals surface area contributed by atoms with Gasteiger partial charge in [-0.2, -0.15) is 0 Å². The highest BCUT2D eigenvalue weighted by Crippen LogP contribution is 2.30. The van der Waals surface area contributed by atoms with E-state index in [0.717, 1.165) is 13.1 Å². The Balaban J connectivity index is 1.93. The summed E-state index contributed by atoms with van der Waals surface area (Å²) >= 11 is 0. The molecule has 92 valence electrons. The highest BCUT2D eigenvalue weighted by molar-refractivity contribution is 5.54. The van der Waals surface area contributed by atoms with Crippen LogP contribution in [0, 0.1) is 20.8 Å². The van der Waals surface area contributed by atoms with Crippen LogP contribution >= 0.6 is 0 Å². The minimum absolute atomic E-state index is 1.04. The Morgan fingerprint density at radius 3 is 2.00 bits per heavy atom. The molecule has 1 heteroatoms. The topological polar surface area (TPSA) is 3.24 Å². The molecule has 0 amide bonds. The molecule has 0 bridgehead atoms. The number of benzene rings is 2. The van der Waals surface area contributed by atoms with Gasteiger partial charge in [-0.05, 0) is 60.7 Å². The molecule has 0 aliphatic carbocycles. The second-order valence-corrected chi connectivity index (χ2v) is 5.40. The maximum Gasteiger partial charge on any atom is 0.0436 e. The van der Waals surface area contributed by atoms with Crippen LogP contribution in [0.3, 0.4) is 0 Å². The molecule has 0 radical (unpaired) electrons. The molecule has 2 aromatic rings. The second-order valence-electron chi connectivity index (χ2n) is 5.40. The third-order valence-corrected chi connectivity index (χ3v) is 3.91. The molecule has 2 aromatic carbocycles. The van der Waals surface area contributed by atoms with Gasteiger partial charge in [0, 0.05) is 18.8 Å². The van der Waals surface area contributed by atoms with E-state index in [4.69, 9.17) is 0 Å². The van der Waals surface area contributed by atoms with E-state index in [1.165, 1.54) is 33.5 Å². The van der Waals surface area contributed by atoms with Crippen LogP contribution in [-0.4, -0.2) is 0 Å². The Kier molecular flexibility index (Phi) is 2.62. The van der Waals surface area contributed by atoms with Crippen molar-refractivity contribution in [1.29, 1.82) is 0 Å². The van der Waals surface area contributed by atoms with Crippen molar-refractivity contribution in [3.8, 4) is 0 Å². The van der Waals surface area contributed by atoms with Crippen LogP contribution < -0.4 is 4.90 Å². The van der Waals surface area contributed by atoms with Crippen molar-refractivity contribution in [2.75, 3.05) is 4.90 Å². The van der Waals surface area contributed by atoms with Gasteiger partial charge >= 0.3 is 0 Å². The summed E-state index contributed by atoms with van der Waals surface area (Å²) in [7, 11) is 0. The molecule has 1 nitrogen and oxygen atoms in total. The van der Waals surface area contributed by atoms with Crippen molar-refractivity contribution in [3.63, 3.8) is 0 Å². The maximum atomic E-state index is 2.45. The van der Waals surface area contributed by atoms with E-state index in [1.54, 1.807) is 0 Å². The lowest BCUT2D eigenvalue weighted by Crippen LogP contribution is -2.14. The van der Waals surface area contributed by atoms with E-state index in [0.29, 0.717) is 0 Å². The molecule has 0 fully saturated rings. The summed E-state index contributed by atoms with van der Waals surface area (Å²) in [4.78, 5) is 2.45. The first kappa shape index (κ1) is 11.3. The van der Waals surface area contributed by atoms with Gasteiger partial charge in [0.05, 0.1) is 0 Å². The Hall–Kier alpha value is -1.76. The first-order valence-electron chi connectivity index (χ1n) is 6.54. The van der Waals surface area contributed by atoms with Gasteiger partial charge in [0.25, 0.3) is 0 Å². The van der Waals surface area contributed by atoms with Gasteiger partial charge in [-0.25, -0.2) is 0 Å². The Labute approximate surface area is 109 Å². The minimum Gasteiger partial charge on any atom is -0.363 e. The average Bonchev–Trinajstić information content (AvgIpc) is 2.73. The standard InChI is InChI=1S/C17H19N/c1-12-5-4-6-17(7-12)18-10-15-8-13(2)14(3)9-16(15)11-18/h4-9H,10-11H2,1-3H3. The Bertz CT molecular complexity index is 568. The van der Waals surface area contributed by atoms with Gasteiger partial charge in [-0.15, -0.1) is 0 Å².